The number of esters is 1. The van der Waals surface area contributed by atoms with Gasteiger partial charge in [0, 0.05) is 17.2 Å². The van der Waals surface area contributed by atoms with E-state index in [-0.39, 0.29) is 5.97 Å². The average Bonchev–Trinajstić information content (AvgIpc) is 2.87. The number of carbonyl (C=O) groups excluding carboxylic acids is 1. The van der Waals surface area contributed by atoms with Crippen molar-refractivity contribution in [2.24, 2.45) is 0 Å². The predicted octanol–water partition coefficient (Wildman–Crippen LogP) is 2.92. The van der Waals surface area contributed by atoms with Gasteiger partial charge in [-0.15, -0.1) is 0 Å². The fourth-order valence-corrected chi connectivity index (χ4v) is 1.54. The third-order valence-corrected chi connectivity index (χ3v) is 2.46. The first-order valence-electron chi connectivity index (χ1n) is 5.49. The van der Waals surface area contributed by atoms with E-state index in [4.69, 9.17) is 4.52 Å². The molecule has 4 heteroatoms. The molecule has 0 spiro atoms. The summed E-state index contributed by atoms with van der Waals surface area (Å²) in [7, 11) is 1.35. The smallest absolute Gasteiger partial charge is 0.333 e. The SMILES string of the molecule is COC(=O)/C(C)=C/c1cc(-c2ccccc2)on1. The van der Waals surface area contributed by atoms with Crippen LogP contribution < -0.4 is 0 Å². The van der Waals surface area contributed by atoms with Crippen molar-refractivity contribution in [2.75, 3.05) is 7.11 Å². The summed E-state index contributed by atoms with van der Waals surface area (Å²) in [6, 6.07) is 11.4. The number of ether oxygens (including phenoxy) is 1. The number of nitrogens with zero attached hydrogens (tertiary/aromatic N) is 1. The van der Waals surface area contributed by atoms with Crippen LogP contribution >= 0.6 is 0 Å². The molecule has 0 unspecified atom stereocenters. The highest BCUT2D eigenvalue weighted by atomic mass is 16.5. The second-order valence-corrected chi connectivity index (χ2v) is 3.80. The van der Waals surface area contributed by atoms with Crippen molar-refractivity contribution >= 4 is 12.0 Å². The van der Waals surface area contributed by atoms with Crippen LogP contribution in [-0.4, -0.2) is 18.2 Å². The van der Waals surface area contributed by atoms with Gasteiger partial charge in [-0.25, -0.2) is 4.79 Å². The highest BCUT2D eigenvalue weighted by molar-refractivity contribution is 5.92. The molecule has 0 radical (unpaired) electrons. The van der Waals surface area contributed by atoms with Crippen molar-refractivity contribution in [1.29, 1.82) is 0 Å². The first kappa shape index (κ1) is 12.1. The number of benzene rings is 1. The maximum Gasteiger partial charge on any atom is 0.333 e. The minimum absolute atomic E-state index is 0.376. The molecule has 0 aliphatic heterocycles. The van der Waals surface area contributed by atoms with Gasteiger partial charge >= 0.3 is 5.97 Å². The van der Waals surface area contributed by atoms with Gasteiger partial charge in [0.1, 0.15) is 5.69 Å². The van der Waals surface area contributed by atoms with E-state index in [2.05, 4.69) is 9.89 Å². The van der Waals surface area contributed by atoms with Gasteiger partial charge in [-0.05, 0) is 13.0 Å². The van der Waals surface area contributed by atoms with Crippen molar-refractivity contribution < 1.29 is 14.1 Å². The summed E-state index contributed by atoms with van der Waals surface area (Å²) in [5.74, 6) is 0.291. The molecular formula is C14H13NO3. The molecule has 0 aliphatic carbocycles. The lowest BCUT2D eigenvalue weighted by molar-refractivity contribution is -0.135. The average molecular weight is 243 g/mol. The Balaban J connectivity index is 2.24. The van der Waals surface area contributed by atoms with Crippen LogP contribution in [0.5, 0.6) is 0 Å². The fourth-order valence-electron chi connectivity index (χ4n) is 1.54. The first-order chi connectivity index (χ1) is 8.70. The van der Waals surface area contributed by atoms with E-state index < -0.39 is 0 Å². The second kappa shape index (κ2) is 5.31. The van der Waals surface area contributed by atoms with Crippen LogP contribution in [-0.2, 0) is 9.53 Å². The van der Waals surface area contributed by atoms with Crippen molar-refractivity contribution in [3.05, 3.63) is 47.7 Å². The summed E-state index contributed by atoms with van der Waals surface area (Å²) in [5.41, 5.74) is 2.02. The topological polar surface area (TPSA) is 52.3 Å². The molecule has 0 amide bonds. The minimum atomic E-state index is -0.376. The molecule has 92 valence electrons. The van der Waals surface area contributed by atoms with Crippen LogP contribution in [0.4, 0.5) is 0 Å². The quantitative estimate of drug-likeness (QED) is 0.614. The Hall–Kier alpha value is -2.36. The molecule has 1 aromatic carbocycles. The standard InChI is InChI=1S/C14H13NO3/c1-10(14(16)17-2)8-12-9-13(18-15-12)11-6-4-3-5-7-11/h3-9H,1-2H3/b10-8+. The lowest BCUT2D eigenvalue weighted by Crippen LogP contribution is -2.00. The lowest BCUT2D eigenvalue weighted by atomic mass is 10.1. The van der Waals surface area contributed by atoms with Gasteiger partial charge in [0.2, 0.25) is 0 Å². The molecule has 4 nitrogen and oxygen atoms in total. The second-order valence-electron chi connectivity index (χ2n) is 3.80. The summed E-state index contributed by atoms with van der Waals surface area (Å²) in [6.07, 6.45) is 1.63. The zero-order chi connectivity index (χ0) is 13.0. The Labute approximate surface area is 105 Å². The molecule has 0 saturated carbocycles. The van der Waals surface area contributed by atoms with Gasteiger partial charge in [0.25, 0.3) is 0 Å². The van der Waals surface area contributed by atoms with Gasteiger partial charge in [-0.1, -0.05) is 35.5 Å². The largest absolute Gasteiger partial charge is 0.466 e. The van der Waals surface area contributed by atoms with Gasteiger partial charge in [0.15, 0.2) is 5.76 Å². The zero-order valence-corrected chi connectivity index (χ0v) is 10.2. The van der Waals surface area contributed by atoms with E-state index >= 15 is 0 Å². The van der Waals surface area contributed by atoms with E-state index in [1.54, 1.807) is 19.1 Å². The number of carbonyl (C=O) groups is 1. The number of aromatic nitrogens is 1. The van der Waals surface area contributed by atoms with E-state index in [1.807, 2.05) is 30.3 Å². The van der Waals surface area contributed by atoms with Crippen LogP contribution in [0.3, 0.4) is 0 Å². The number of hydrogen-bond donors (Lipinski definition) is 0. The molecule has 0 fully saturated rings. The van der Waals surface area contributed by atoms with Crippen molar-refractivity contribution in [3.63, 3.8) is 0 Å². The molecule has 18 heavy (non-hydrogen) atoms. The summed E-state index contributed by atoms with van der Waals surface area (Å²) in [6.45, 7) is 1.67. The Morgan fingerprint density at radius 3 is 2.72 bits per heavy atom. The summed E-state index contributed by atoms with van der Waals surface area (Å²) >= 11 is 0. The normalized spacial score (nSPS) is 11.3. The van der Waals surface area contributed by atoms with Gasteiger partial charge < -0.3 is 9.26 Å². The molecule has 1 heterocycles. The van der Waals surface area contributed by atoms with Crippen LogP contribution in [0, 0.1) is 0 Å². The highest BCUT2D eigenvalue weighted by Crippen LogP contribution is 2.20. The first-order valence-corrected chi connectivity index (χ1v) is 5.49. The highest BCUT2D eigenvalue weighted by Gasteiger charge is 2.07. The Kier molecular flexibility index (Phi) is 3.57. The number of methoxy groups -OCH3 is 1. The van der Waals surface area contributed by atoms with Crippen molar-refractivity contribution in [2.45, 2.75) is 6.92 Å². The van der Waals surface area contributed by atoms with Crippen LogP contribution in [0.2, 0.25) is 0 Å². The van der Waals surface area contributed by atoms with E-state index in [9.17, 15) is 4.79 Å². The Bertz CT molecular complexity index is 570. The molecule has 1 aromatic heterocycles. The van der Waals surface area contributed by atoms with Gasteiger partial charge in [-0.2, -0.15) is 0 Å². The van der Waals surface area contributed by atoms with E-state index in [0.29, 0.717) is 17.0 Å². The van der Waals surface area contributed by atoms with Crippen LogP contribution in [0.25, 0.3) is 17.4 Å². The molecule has 2 rings (SSSR count). The minimum Gasteiger partial charge on any atom is -0.466 e. The van der Waals surface area contributed by atoms with Gasteiger partial charge in [0.05, 0.1) is 7.11 Å². The number of rotatable bonds is 3. The molecule has 0 N–H and O–H groups in total. The molecular weight excluding hydrogens is 230 g/mol. The predicted molar refractivity (Wildman–Crippen MR) is 67.6 cm³/mol. The molecule has 0 atom stereocenters. The molecule has 0 aliphatic rings. The zero-order valence-electron chi connectivity index (χ0n) is 10.2. The maximum atomic E-state index is 11.2. The van der Waals surface area contributed by atoms with E-state index in [0.717, 1.165) is 5.56 Å². The lowest BCUT2D eigenvalue weighted by Gasteiger charge is -1.95. The van der Waals surface area contributed by atoms with Crippen LogP contribution in [0.1, 0.15) is 12.6 Å². The fraction of sp³-hybridized carbons (Fsp3) is 0.143. The van der Waals surface area contributed by atoms with Crippen molar-refractivity contribution in [1.82, 2.24) is 5.16 Å². The monoisotopic (exact) mass is 243 g/mol. The molecule has 2 aromatic rings. The summed E-state index contributed by atoms with van der Waals surface area (Å²) < 4.78 is 9.83. The third kappa shape index (κ3) is 2.66. The summed E-state index contributed by atoms with van der Waals surface area (Å²) in [5, 5.41) is 3.89. The molecule has 0 saturated heterocycles. The Morgan fingerprint density at radius 1 is 1.33 bits per heavy atom. The third-order valence-electron chi connectivity index (χ3n) is 2.46. The molecule has 0 bridgehead atoms. The van der Waals surface area contributed by atoms with Gasteiger partial charge in [-0.3, -0.25) is 0 Å². The van der Waals surface area contributed by atoms with E-state index in [1.165, 1.54) is 7.11 Å². The van der Waals surface area contributed by atoms with Crippen molar-refractivity contribution in [3.8, 4) is 11.3 Å². The Morgan fingerprint density at radius 2 is 2.06 bits per heavy atom. The number of hydrogen-bond acceptors (Lipinski definition) is 4. The van der Waals surface area contributed by atoms with Crippen LogP contribution in [0.15, 0.2) is 46.5 Å². The maximum absolute atomic E-state index is 11.2. The summed E-state index contributed by atoms with van der Waals surface area (Å²) in [4.78, 5) is 11.2.